The Morgan fingerprint density at radius 3 is 1.23 bits per heavy atom. The SMILES string of the molecule is Clc1nc(Cl)nc(OCC#CCOc2nc(Cl)nc(Cl)n2)n1. The van der Waals surface area contributed by atoms with Gasteiger partial charge in [0.25, 0.3) is 0 Å². The van der Waals surface area contributed by atoms with Crippen LogP contribution in [0.15, 0.2) is 0 Å². The number of ether oxygens (including phenoxy) is 2. The molecule has 0 aliphatic carbocycles. The lowest BCUT2D eigenvalue weighted by Crippen LogP contribution is -2.03. The van der Waals surface area contributed by atoms with Crippen molar-refractivity contribution >= 4 is 46.4 Å². The molecule has 12 heteroatoms. The quantitative estimate of drug-likeness (QED) is 0.743. The van der Waals surface area contributed by atoms with Gasteiger partial charge in [0.2, 0.25) is 21.1 Å². The van der Waals surface area contributed by atoms with Crippen LogP contribution >= 0.6 is 46.4 Å². The highest BCUT2D eigenvalue weighted by atomic mass is 35.5. The number of hydrogen-bond acceptors (Lipinski definition) is 8. The van der Waals surface area contributed by atoms with Crippen LogP contribution < -0.4 is 9.47 Å². The van der Waals surface area contributed by atoms with E-state index in [9.17, 15) is 0 Å². The second-order valence-electron chi connectivity index (χ2n) is 3.24. The van der Waals surface area contributed by atoms with Crippen molar-refractivity contribution in [2.24, 2.45) is 0 Å². The molecule has 0 spiro atoms. The van der Waals surface area contributed by atoms with E-state index in [4.69, 9.17) is 55.9 Å². The summed E-state index contributed by atoms with van der Waals surface area (Å²) in [5.41, 5.74) is 0. The Morgan fingerprint density at radius 2 is 0.909 bits per heavy atom. The van der Waals surface area contributed by atoms with E-state index >= 15 is 0 Å². The molecule has 0 bridgehead atoms. The third-order valence-corrected chi connectivity index (χ3v) is 2.47. The zero-order chi connectivity index (χ0) is 15.9. The highest BCUT2D eigenvalue weighted by Crippen LogP contribution is 2.11. The van der Waals surface area contributed by atoms with Crippen molar-refractivity contribution in [3.05, 3.63) is 21.1 Å². The topological polar surface area (TPSA) is 95.8 Å². The summed E-state index contributed by atoms with van der Waals surface area (Å²) in [6, 6.07) is -0.0625. The molecule has 0 aliphatic rings. The number of rotatable bonds is 4. The summed E-state index contributed by atoms with van der Waals surface area (Å²) in [5.74, 6) is 5.30. The molecular formula is C10H4Cl4N6O2. The zero-order valence-electron chi connectivity index (χ0n) is 10.4. The maximum absolute atomic E-state index is 5.58. The van der Waals surface area contributed by atoms with Gasteiger partial charge in [-0.3, -0.25) is 0 Å². The fourth-order valence-corrected chi connectivity index (χ4v) is 1.75. The molecule has 0 atom stereocenters. The van der Waals surface area contributed by atoms with Crippen LogP contribution in [0, 0.1) is 11.8 Å². The first-order valence-corrected chi connectivity index (χ1v) is 6.89. The van der Waals surface area contributed by atoms with Crippen molar-refractivity contribution in [2.45, 2.75) is 0 Å². The third-order valence-electron chi connectivity index (χ3n) is 1.79. The average molecular weight is 382 g/mol. The maximum atomic E-state index is 5.58. The van der Waals surface area contributed by atoms with Crippen LogP contribution in [0.1, 0.15) is 0 Å². The van der Waals surface area contributed by atoms with Gasteiger partial charge in [-0.05, 0) is 46.4 Å². The minimum atomic E-state index is -0.0742. The van der Waals surface area contributed by atoms with Crippen LogP contribution in [0.4, 0.5) is 0 Å². The summed E-state index contributed by atoms with van der Waals surface area (Å²) >= 11 is 22.3. The van der Waals surface area contributed by atoms with Gasteiger partial charge in [0.05, 0.1) is 0 Å². The fourth-order valence-electron chi connectivity index (χ4n) is 1.05. The van der Waals surface area contributed by atoms with Crippen molar-refractivity contribution in [1.29, 1.82) is 0 Å². The lowest BCUT2D eigenvalue weighted by Gasteiger charge is -2.00. The smallest absolute Gasteiger partial charge is 0.323 e. The van der Waals surface area contributed by atoms with Gasteiger partial charge in [0.1, 0.15) is 0 Å². The van der Waals surface area contributed by atoms with Gasteiger partial charge in [0, 0.05) is 0 Å². The average Bonchev–Trinajstić information content (AvgIpc) is 2.40. The van der Waals surface area contributed by atoms with Crippen LogP contribution in [0.3, 0.4) is 0 Å². The summed E-state index contributed by atoms with van der Waals surface area (Å²) in [5, 5.41) is -0.297. The second kappa shape index (κ2) is 8.10. The molecule has 0 unspecified atom stereocenters. The number of nitrogens with zero attached hydrogens (tertiary/aromatic N) is 6. The Bertz CT molecular complexity index is 635. The van der Waals surface area contributed by atoms with Crippen molar-refractivity contribution in [3.63, 3.8) is 0 Å². The van der Waals surface area contributed by atoms with E-state index in [0.29, 0.717) is 0 Å². The van der Waals surface area contributed by atoms with Crippen molar-refractivity contribution in [1.82, 2.24) is 29.9 Å². The van der Waals surface area contributed by atoms with Crippen LogP contribution in [-0.2, 0) is 0 Å². The van der Waals surface area contributed by atoms with Crippen molar-refractivity contribution in [2.75, 3.05) is 13.2 Å². The van der Waals surface area contributed by atoms with Crippen LogP contribution in [-0.4, -0.2) is 43.1 Å². The first-order valence-electron chi connectivity index (χ1n) is 5.38. The molecule has 2 aromatic heterocycles. The number of halogens is 4. The van der Waals surface area contributed by atoms with E-state index in [1.165, 1.54) is 0 Å². The first-order chi connectivity index (χ1) is 10.5. The van der Waals surface area contributed by atoms with E-state index in [1.54, 1.807) is 0 Å². The molecule has 22 heavy (non-hydrogen) atoms. The normalized spacial score (nSPS) is 9.82. The van der Waals surface area contributed by atoms with Gasteiger partial charge >= 0.3 is 12.0 Å². The van der Waals surface area contributed by atoms with E-state index in [-0.39, 0.29) is 46.4 Å². The molecule has 2 aromatic rings. The third kappa shape index (κ3) is 5.61. The van der Waals surface area contributed by atoms with Gasteiger partial charge in [-0.2, -0.15) is 29.9 Å². The molecule has 0 fully saturated rings. The first kappa shape index (κ1) is 16.7. The molecule has 0 radical (unpaired) electrons. The molecule has 0 aliphatic heterocycles. The monoisotopic (exact) mass is 380 g/mol. The summed E-state index contributed by atoms with van der Waals surface area (Å²) < 4.78 is 10.2. The molecule has 2 rings (SSSR count). The Kier molecular flexibility index (Phi) is 6.15. The van der Waals surface area contributed by atoms with Gasteiger partial charge in [0.15, 0.2) is 13.2 Å². The molecule has 0 amide bonds. The molecule has 114 valence electrons. The molecule has 0 aromatic carbocycles. The summed E-state index contributed by atoms with van der Waals surface area (Å²) in [6.07, 6.45) is 0. The summed E-state index contributed by atoms with van der Waals surface area (Å²) in [4.78, 5) is 21.9. The maximum Gasteiger partial charge on any atom is 0.323 e. The van der Waals surface area contributed by atoms with E-state index in [0.717, 1.165) is 0 Å². The van der Waals surface area contributed by atoms with Gasteiger partial charge < -0.3 is 9.47 Å². The highest BCUT2D eigenvalue weighted by Gasteiger charge is 2.04. The van der Waals surface area contributed by atoms with E-state index in [1.807, 2.05) is 0 Å². The van der Waals surface area contributed by atoms with Crippen molar-refractivity contribution < 1.29 is 9.47 Å². The molecule has 0 N–H and O–H groups in total. The Hall–Kier alpha value is -1.66. The van der Waals surface area contributed by atoms with Gasteiger partial charge in [-0.25, -0.2) is 0 Å². The standard InChI is InChI=1S/C10H4Cl4N6O2/c11-5-15-6(12)18-9(17-5)21-3-1-2-4-22-10-19-7(13)16-8(14)20-10/h3-4H2. The van der Waals surface area contributed by atoms with E-state index in [2.05, 4.69) is 41.7 Å². The molecule has 2 heterocycles. The molecular weight excluding hydrogens is 378 g/mol. The molecule has 0 saturated heterocycles. The minimum Gasteiger partial charge on any atom is -0.450 e. The highest BCUT2D eigenvalue weighted by molar-refractivity contribution is 6.31. The molecule has 0 saturated carbocycles. The fraction of sp³-hybridized carbons (Fsp3) is 0.200. The zero-order valence-corrected chi connectivity index (χ0v) is 13.4. The summed E-state index contributed by atoms with van der Waals surface area (Å²) in [7, 11) is 0. The Morgan fingerprint density at radius 1 is 0.591 bits per heavy atom. The minimum absolute atomic E-state index is 0.00124. The second-order valence-corrected chi connectivity index (χ2v) is 4.60. The predicted octanol–water partition coefficient (Wildman–Crippen LogP) is 2.13. The van der Waals surface area contributed by atoms with Gasteiger partial charge in [-0.1, -0.05) is 11.8 Å². The van der Waals surface area contributed by atoms with Crippen LogP contribution in [0.5, 0.6) is 12.0 Å². The van der Waals surface area contributed by atoms with E-state index < -0.39 is 0 Å². The number of hydrogen-bond donors (Lipinski definition) is 0. The van der Waals surface area contributed by atoms with Crippen LogP contribution in [0.2, 0.25) is 21.1 Å². The number of aromatic nitrogens is 6. The molecule has 8 nitrogen and oxygen atoms in total. The largest absolute Gasteiger partial charge is 0.450 e. The Labute approximate surface area is 144 Å². The lowest BCUT2D eigenvalue weighted by atomic mass is 10.6. The van der Waals surface area contributed by atoms with Crippen LogP contribution in [0.25, 0.3) is 0 Å². The van der Waals surface area contributed by atoms with Crippen molar-refractivity contribution in [3.8, 4) is 23.9 Å². The lowest BCUT2D eigenvalue weighted by molar-refractivity contribution is 0.331. The Balaban J connectivity index is 1.79. The van der Waals surface area contributed by atoms with Gasteiger partial charge in [-0.15, -0.1) is 0 Å². The predicted molar refractivity (Wildman–Crippen MR) is 78.5 cm³/mol. The summed E-state index contributed by atoms with van der Waals surface area (Å²) in [6.45, 7) is -0.00249.